The van der Waals surface area contributed by atoms with E-state index in [4.69, 9.17) is 32.7 Å². The minimum atomic E-state index is -0.619. The Kier molecular flexibility index (Phi) is 7.45. The van der Waals surface area contributed by atoms with Gasteiger partial charge in [-0.2, -0.15) is 0 Å². The summed E-state index contributed by atoms with van der Waals surface area (Å²) in [5.74, 6) is 0.999. The summed E-state index contributed by atoms with van der Waals surface area (Å²) in [6, 6.07) is 10.2. The van der Waals surface area contributed by atoms with E-state index in [1.54, 1.807) is 30.1 Å². The molecule has 0 saturated carbocycles. The maximum Gasteiger partial charge on any atom is 0.242 e. The van der Waals surface area contributed by atoms with Crippen LogP contribution in [0.15, 0.2) is 36.4 Å². The first-order valence-electron chi connectivity index (χ1n) is 9.77. The second-order valence-electron chi connectivity index (χ2n) is 6.95. The number of aryl methyl sites for hydroxylation is 1. The molecule has 0 aliphatic carbocycles. The highest BCUT2D eigenvalue weighted by atomic mass is 35.5. The van der Waals surface area contributed by atoms with Crippen molar-refractivity contribution in [2.45, 2.75) is 38.8 Å². The van der Waals surface area contributed by atoms with Gasteiger partial charge in [-0.05, 0) is 42.7 Å². The molecule has 1 heterocycles. The molecular weight excluding hydrogens is 427 g/mol. The van der Waals surface area contributed by atoms with Gasteiger partial charge in [0.25, 0.3) is 0 Å². The molecule has 8 heteroatoms. The van der Waals surface area contributed by atoms with Gasteiger partial charge in [-0.3, -0.25) is 9.59 Å². The summed E-state index contributed by atoms with van der Waals surface area (Å²) in [6.07, 6.45) is 1.21. The highest BCUT2D eigenvalue weighted by Gasteiger charge is 2.29. The largest absolute Gasteiger partial charge is 0.454 e. The lowest BCUT2D eigenvalue weighted by Crippen LogP contribution is -2.48. The predicted molar refractivity (Wildman–Crippen MR) is 116 cm³/mol. The van der Waals surface area contributed by atoms with Gasteiger partial charge in [0.1, 0.15) is 6.04 Å². The lowest BCUT2D eigenvalue weighted by Gasteiger charge is -2.31. The van der Waals surface area contributed by atoms with Crippen molar-refractivity contribution in [2.75, 3.05) is 13.8 Å². The molecule has 1 N–H and O–H groups in total. The van der Waals surface area contributed by atoms with Crippen LogP contribution in [-0.4, -0.2) is 36.6 Å². The minimum Gasteiger partial charge on any atom is -0.454 e. The molecule has 1 atom stereocenters. The predicted octanol–water partition coefficient (Wildman–Crippen LogP) is 4.21. The van der Waals surface area contributed by atoms with Crippen LogP contribution in [0.5, 0.6) is 11.5 Å². The molecule has 1 aliphatic heterocycles. The molecule has 0 spiro atoms. The van der Waals surface area contributed by atoms with Crippen molar-refractivity contribution in [3.63, 3.8) is 0 Å². The number of benzene rings is 2. The average molecular weight is 451 g/mol. The monoisotopic (exact) mass is 450 g/mol. The van der Waals surface area contributed by atoms with Crippen LogP contribution in [-0.2, 0) is 22.6 Å². The first-order valence-corrected chi connectivity index (χ1v) is 10.5. The second kappa shape index (κ2) is 10.0. The average Bonchev–Trinajstić information content (AvgIpc) is 3.21. The zero-order chi connectivity index (χ0) is 21.7. The first-order chi connectivity index (χ1) is 14.4. The van der Waals surface area contributed by atoms with Gasteiger partial charge in [0.2, 0.25) is 18.6 Å². The zero-order valence-corrected chi connectivity index (χ0v) is 18.4. The van der Waals surface area contributed by atoms with Crippen molar-refractivity contribution < 1.29 is 19.1 Å². The molecule has 6 nitrogen and oxygen atoms in total. The van der Waals surface area contributed by atoms with Crippen molar-refractivity contribution in [3.05, 3.63) is 57.6 Å². The van der Waals surface area contributed by atoms with Crippen molar-refractivity contribution in [2.24, 2.45) is 0 Å². The first kappa shape index (κ1) is 22.2. The Bertz CT molecular complexity index is 915. The molecule has 0 unspecified atom stereocenters. The Labute approximate surface area is 186 Å². The van der Waals surface area contributed by atoms with Gasteiger partial charge in [-0.25, -0.2) is 0 Å². The van der Waals surface area contributed by atoms with Crippen LogP contribution in [0.2, 0.25) is 10.0 Å². The van der Waals surface area contributed by atoms with E-state index in [0.29, 0.717) is 39.9 Å². The minimum absolute atomic E-state index is 0.154. The van der Waals surface area contributed by atoms with Gasteiger partial charge in [0.05, 0.1) is 0 Å². The molecule has 1 aliphatic rings. The van der Waals surface area contributed by atoms with Crippen LogP contribution in [0.1, 0.15) is 30.9 Å². The maximum absolute atomic E-state index is 13.2. The fourth-order valence-corrected chi connectivity index (χ4v) is 3.95. The fraction of sp³-hybridized carbons (Fsp3) is 0.364. The Morgan fingerprint density at radius 1 is 1.13 bits per heavy atom. The van der Waals surface area contributed by atoms with Crippen LogP contribution in [0.25, 0.3) is 0 Å². The van der Waals surface area contributed by atoms with Gasteiger partial charge < -0.3 is 19.7 Å². The summed E-state index contributed by atoms with van der Waals surface area (Å²) >= 11 is 12.6. The summed E-state index contributed by atoms with van der Waals surface area (Å²) in [6.45, 7) is 2.23. The molecule has 3 rings (SSSR count). The van der Waals surface area contributed by atoms with E-state index in [1.165, 1.54) is 0 Å². The van der Waals surface area contributed by atoms with Gasteiger partial charge in [-0.1, -0.05) is 42.3 Å². The van der Waals surface area contributed by atoms with E-state index in [1.807, 2.05) is 25.1 Å². The van der Waals surface area contributed by atoms with Crippen LogP contribution < -0.4 is 14.8 Å². The van der Waals surface area contributed by atoms with E-state index in [0.717, 1.165) is 5.56 Å². The Balaban J connectivity index is 1.79. The number of ether oxygens (including phenoxy) is 2. The van der Waals surface area contributed by atoms with Gasteiger partial charge in [-0.15, -0.1) is 0 Å². The van der Waals surface area contributed by atoms with Gasteiger partial charge >= 0.3 is 0 Å². The number of hydrogen-bond donors (Lipinski definition) is 1. The molecule has 2 aromatic rings. The summed E-state index contributed by atoms with van der Waals surface area (Å²) in [5, 5.41) is 3.56. The molecule has 2 aromatic carbocycles. The third-order valence-electron chi connectivity index (χ3n) is 5.09. The third kappa shape index (κ3) is 4.99. The van der Waals surface area contributed by atoms with Crippen LogP contribution >= 0.6 is 23.2 Å². The summed E-state index contributed by atoms with van der Waals surface area (Å²) < 4.78 is 10.7. The van der Waals surface area contributed by atoms with E-state index in [-0.39, 0.29) is 31.6 Å². The summed E-state index contributed by atoms with van der Waals surface area (Å²) in [7, 11) is 1.56. The summed E-state index contributed by atoms with van der Waals surface area (Å²) in [4.78, 5) is 27.2. The number of carbonyl (C=O) groups is 2. The number of fused-ring (bicyclic) bond motifs is 1. The van der Waals surface area contributed by atoms with E-state index in [2.05, 4.69) is 5.32 Å². The summed E-state index contributed by atoms with van der Waals surface area (Å²) in [5.41, 5.74) is 1.58. The molecule has 0 saturated heterocycles. The zero-order valence-electron chi connectivity index (χ0n) is 16.9. The van der Waals surface area contributed by atoms with Gasteiger partial charge in [0.15, 0.2) is 11.5 Å². The number of nitrogens with zero attached hydrogens (tertiary/aromatic N) is 1. The smallest absolute Gasteiger partial charge is 0.242 e. The van der Waals surface area contributed by atoms with Crippen molar-refractivity contribution in [1.29, 1.82) is 0 Å². The Hall–Kier alpha value is -2.44. The molecule has 0 bridgehead atoms. The highest BCUT2D eigenvalue weighted by Crippen LogP contribution is 2.33. The molecule has 160 valence electrons. The molecule has 0 aromatic heterocycles. The van der Waals surface area contributed by atoms with E-state index in [9.17, 15) is 9.59 Å². The Morgan fingerprint density at radius 2 is 1.83 bits per heavy atom. The molecule has 30 heavy (non-hydrogen) atoms. The lowest BCUT2D eigenvalue weighted by atomic mass is 10.1. The number of hydrogen-bond acceptors (Lipinski definition) is 4. The highest BCUT2D eigenvalue weighted by molar-refractivity contribution is 6.36. The maximum atomic E-state index is 13.2. The molecular formula is C22H24Cl2N2O4. The normalized spacial score (nSPS) is 13.1. The van der Waals surface area contributed by atoms with Crippen molar-refractivity contribution >= 4 is 35.0 Å². The Morgan fingerprint density at radius 3 is 2.50 bits per heavy atom. The number of likely N-dealkylation sites (N-methyl/N-ethyl adjacent to an activating group) is 1. The van der Waals surface area contributed by atoms with Crippen molar-refractivity contribution in [1.82, 2.24) is 10.2 Å². The fourth-order valence-electron chi connectivity index (χ4n) is 3.43. The van der Waals surface area contributed by atoms with Crippen LogP contribution in [0.3, 0.4) is 0 Å². The number of carbonyl (C=O) groups excluding carboxylic acids is 2. The molecule has 2 amide bonds. The van der Waals surface area contributed by atoms with Crippen molar-refractivity contribution in [3.8, 4) is 11.5 Å². The van der Waals surface area contributed by atoms with E-state index < -0.39 is 6.04 Å². The van der Waals surface area contributed by atoms with E-state index >= 15 is 0 Å². The lowest BCUT2D eigenvalue weighted by molar-refractivity contribution is -0.141. The topological polar surface area (TPSA) is 67.9 Å². The number of nitrogens with one attached hydrogen (secondary N) is 1. The second-order valence-corrected chi connectivity index (χ2v) is 7.76. The SMILES string of the molecule is CC[C@@H](C(=O)NC)N(Cc1c(Cl)cccc1Cl)C(=O)CCc1ccc2c(c1)OCO2. The number of rotatable bonds is 8. The standard InChI is InChI=1S/C22H24Cl2N2O4/c1-3-18(22(28)25-2)26(12-15-16(23)5-4-6-17(15)24)21(27)10-8-14-7-9-19-20(11-14)30-13-29-19/h4-7,9,11,18H,3,8,10,12-13H2,1-2H3,(H,25,28)/t18-/m0/s1. The van der Waals surface area contributed by atoms with Gasteiger partial charge in [0, 0.05) is 35.6 Å². The van der Waals surface area contributed by atoms with Crippen LogP contribution in [0, 0.1) is 0 Å². The van der Waals surface area contributed by atoms with Crippen LogP contribution in [0.4, 0.5) is 0 Å². The number of amides is 2. The quantitative estimate of drug-likeness (QED) is 0.653. The third-order valence-corrected chi connectivity index (χ3v) is 5.80. The number of halogens is 2. The molecule has 0 radical (unpaired) electrons. The molecule has 0 fully saturated rings.